The number of carbonyl (C=O) groups is 1. The number of urea groups is 1. The van der Waals surface area contributed by atoms with E-state index in [0.29, 0.717) is 0 Å². The number of hydrogen-bond donors (Lipinski definition) is 2. The van der Waals surface area contributed by atoms with Gasteiger partial charge in [0.2, 0.25) is 0 Å². The number of nitrogens with zero attached hydrogens (tertiary/aromatic N) is 2. The van der Waals surface area contributed by atoms with Gasteiger partial charge in [0, 0.05) is 12.2 Å². The number of pyridine rings is 1. The van der Waals surface area contributed by atoms with Gasteiger partial charge in [0.05, 0.1) is 0 Å². The zero-order valence-corrected chi connectivity index (χ0v) is 9.06. The molecule has 0 spiro atoms. The van der Waals surface area contributed by atoms with Gasteiger partial charge in [0.25, 0.3) is 0 Å². The van der Waals surface area contributed by atoms with Gasteiger partial charge in [-0.2, -0.15) is 9.72 Å². The number of rotatable bonds is 1. The van der Waals surface area contributed by atoms with Crippen LogP contribution in [-0.4, -0.2) is 22.0 Å². The standard InChI is InChI=1S/C10H15N3O2/c1-7(2)11-10(14)12-9-6-8(3)4-5-13(9)15/h4-7,15H,1-3H3,(H,11,14)/b12-9+. The van der Waals surface area contributed by atoms with Crippen LogP contribution in [0.2, 0.25) is 0 Å². The van der Waals surface area contributed by atoms with Gasteiger partial charge in [0.1, 0.15) is 0 Å². The molecule has 0 unspecified atom stereocenters. The van der Waals surface area contributed by atoms with E-state index in [4.69, 9.17) is 0 Å². The van der Waals surface area contributed by atoms with Crippen LogP contribution in [-0.2, 0) is 0 Å². The molecule has 0 aliphatic rings. The molecule has 0 atom stereocenters. The Hall–Kier alpha value is -1.78. The Morgan fingerprint density at radius 1 is 1.60 bits per heavy atom. The quantitative estimate of drug-likeness (QED) is 0.679. The SMILES string of the molecule is Cc1ccn(O)/c(=N/C(=O)NC(C)C)c1. The van der Waals surface area contributed by atoms with Crippen molar-refractivity contribution in [3.8, 4) is 0 Å². The average molecular weight is 209 g/mol. The lowest BCUT2D eigenvalue weighted by molar-refractivity contribution is 0.171. The van der Waals surface area contributed by atoms with E-state index in [-0.39, 0.29) is 11.5 Å². The largest absolute Gasteiger partial charge is 0.427 e. The normalized spacial score (nSPS) is 11.9. The molecule has 15 heavy (non-hydrogen) atoms. The van der Waals surface area contributed by atoms with Gasteiger partial charge in [-0.05, 0) is 38.5 Å². The first-order valence-electron chi connectivity index (χ1n) is 4.73. The van der Waals surface area contributed by atoms with Gasteiger partial charge in [-0.3, -0.25) is 0 Å². The van der Waals surface area contributed by atoms with E-state index in [1.165, 1.54) is 6.20 Å². The molecule has 0 fully saturated rings. The zero-order valence-electron chi connectivity index (χ0n) is 9.06. The van der Waals surface area contributed by atoms with Gasteiger partial charge in [-0.25, -0.2) is 4.79 Å². The molecule has 0 radical (unpaired) electrons. The summed E-state index contributed by atoms with van der Waals surface area (Å²) in [6.07, 6.45) is 1.44. The Morgan fingerprint density at radius 2 is 2.27 bits per heavy atom. The van der Waals surface area contributed by atoms with Crippen molar-refractivity contribution in [2.75, 3.05) is 0 Å². The lowest BCUT2D eigenvalue weighted by atomic mass is 10.3. The highest BCUT2D eigenvalue weighted by Crippen LogP contribution is 1.89. The number of aryl methyl sites for hydroxylation is 1. The minimum absolute atomic E-state index is 0.0261. The van der Waals surface area contributed by atoms with Crippen LogP contribution in [0.5, 0.6) is 0 Å². The van der Waals surface area contributed by atoms with Crippen LogP contribution in [0.4, 0.5) is 4.79 Å². The minimum Gasteiger partial charge on any atom is -0.427 e. The highest BCUT2D eigenvalue weighted by atomic mass is 16.5. The predicted molar refractivity (Wildman–Crippen MR) is 55.6 cm³/mol. The fourth-order valence-corrected chi connectivity index (χ4v) is 1.05. The van der Waals surface area contributed by atoms with Crippen molar-refractivity contribution in [3.63, 3.8) is 0 Å². The molecule has 0 bridgehead atoms. The Labute approximate surface area is 88.0 Å². The Morgan fingerprint density at radius 3 is 2.87 bits per heavy atom. The summed E-state index contributed by atoms with van der Waals surface area (Å²) >= 11 is 0. The molecular formula is C10H15N3O2. The number of amides is 2. The first-order chi connectivity index (χ1) is 6.99. The molecule has 0 aliphatic heterocycles. The van der Waals surface area contributed by atoms with Crippen molar-refractivity contribution < 1.29 is 10.0 Å². The van der Waals surface area contributed by atoms with Gasteiger partial charge >= 0.3 is 6.03 Å². The summed E-state index contributed by atoms with van der Waals surface area (Å²) in [5, 5.41) is 12.0. The second-order valence-corrected chi connectivity index (χ2v) is 3.62. The summed E-state index contributed by atoms with van der Waals surface area (Å²) in [5.74, 6) is 0. The Kier molecular flexibility index (Phi) is 3.49. The second kappa shape index (κ2) is 4.63. The number of hydrogen-bond acceptors (Lipinski definition) is 2. The number of carbonyl (C=O) groups excluding carboxylic acids is 1. The lowest BCUT2D eigenvalue weighted by Gasteiger charge is -2.04. The fourth-order valence-electron chi connectivity index (χ4n) is 1.05. The van der Waals surface area contributed by atoms with Crippen molar-refractivity contribution in [1.82, 2.24) is 10.0 Å². The molecule has 1 rings (SSSR count). The van der Waals surface area contributed by atoms with E-state index in [0.717, 1.165) is 10.3 Å². The maximum Gasteiger partial charge on any atom is 0.343 e. The molecule has 82 valence electrons. The van der Waals surface area contributed by atoms with E-state index in [2.05, 4.69) is 10.3 Å². The molecule has 2 N–H and O–H groups in total. The number of nitrogens with one attached hydrogen (secondary N) is 1. The molecule has 5 heteroatoms. The van der Waals surface area contributed by atoms with Crippen LogP contribution in [0.25, 0.3) is 0 Å². The summed E-state index contributed by atoms with van der Waals surface area (Å²) < 4.78 is 0.812. The van der Waals surface area contributed by atoms with Crippen LogP contribution >= 0.6 is 0 Å². The maximum atomic E-state index is 11.3. The van der Waals surface area contributed by atoms with Crippen LogP contribution in [0.3, 0.4) is 0 Å². The first kappa shape index (κ1) is 11.3. The van der Waals surface area contributed by atoms with Gasteiger partial charge < -0.3 is 10.5 Å². The average Bonchev–Trinajstić information content (AvgIpc) is 2.10. The smallest absolute Gasteiger partial charge is 0.343 e. The van der Waals surface area contributed by atoms with Crippen molar-refractivity contribution in [3.05, 3.63) is 29.4 Å². The van der Waals surface area contributed by atoms with Crippen LogP contribution in [0.15, 0.2) is 23.3 Å². The summed E-state index contributed by atoms with van der Waals surface area (Å²) in [6, 6.07) is 2.91. The topological polar surface area (TPSA) is 66.6 Å². The van der Waals surface area contributed by atoms with E-state index >= 15 is 0 Å². The molecule has 0 saturated heterocycles. The lowest BCUT2D eigenvalue weighted by Crippen LogP contribution is -2.30. The van der Waals surface area contributed by atoms with Crippen molar-refractivity contribution in [2.45, 2.75) is 26.8 Å². The van der Waals surface area contributed by atoms with E-state index in [1.807, 2.05) is 20.8 Å². The molecular weight excluding hydrogens is 194 g/mol. The van der Waals surface area contributed by atoms with Crippen molar-refractivity contribution in [1.29, 1.82) is 0 Å². The van der Waals surface area contributed by atoms with E-state index < -0.39 is 6.03 Å². The van der Waals surface area contributed by atoms with Gasteiger partial charge in [0.15, 0.2) is 5.49 Å². The van der Waals surface area contributed by atoms with Crippen molar-refractivity contribution in [2.24, 2.45) is 4.99 Å². The molecule has 5 nitrogen and oxygen atoms in total. The second-order valence-electron chi connectivity index (χ2n) is 3.62. The third-order valence-electron chi connectivity index (χ3n) is 1.70. The molecule has 1 aromatic rings. The molecule has 0 saturated carbocycles. The Bertz CT molecular complexity index is 421. The zero-order chi connectivity index (χ0) is 11.4. The van der Waals surface area contributed by atoms with Crippen LogP contribution < -0.4 is 10.8 Å². The van der Waals surface area contributed by atoms with Crippen LogP contribution in [0, 0.1) is 6.92 Å². The summed E-state index contributed by atoms with van der Waals surface area (Å²) in [5.41, 5.74) is 1.14. The third kappa shape index (κ3) is 3.46. The molecule has 2 amide bonds. The van der Waals surface area contributed by atoms with E-state index in [9.17, 15) is 10.0 Å². The maximum absolute atomic E-state index is 11.3. The highest BCUT2D eigenvalue weighted by Gasteiger charge is 2.00. The van der Waals surface area contributed by atoms with Crippen molar-refractivity contribution >= 4 is 6.03 Å². The van der Waals surface area contributed by atoms with Crippen LogP contribution in [0.1, 0.15) is 19.4 Å². The summed E-state index contributed by atoms with van der Waals surface area (Å²) in [4.78, 5) is 15.0. The molecule has 1 heterocycles. The molecule has 0 aromatic carbocycles. The molecule has 1 aromatic heterocycles. The Balaban J connectivity index is 2.99. The monoisotopic (exact) mass is 209 g/mol. The summed E-state index contributed by atoms with van der Waals surface area (Å²) in [6.45, 7) is 5.55. The minimum atomic E-state index is -0.460. The summed E-state index contributed by atoms with van der Waals surface area (Å²) in [7, 11) is 0. The fraction of sp³-hybridized carbons (Fsp3) is 0.400. The third-order valence-corrected chi connectivity index (χ3v) is 1.70. The highest BCUT2D eigenvalue weighted by molar-refractivity contribution is 5.74. The predicted octanol–water partition coefficient (Wildman–Crippen LogP) is 1.05. The van der Waals surface area contributed by atoms with Gasteiger partial charge in [-0.15, -0.1) is 0 Å². The first-order valence-corrected chi connectivity index (χ1v) is 4.73. The molecule has 0 aliphatic carbocycles. The van der Waals surface area contributed by atoms with E-state index in [1.54, 1.807) is 12.1 Å². The number of aromatic nitrogens is 1. The van der Waals surface area contributed by atoms with Gasteiger partial charge in [-0.1, -0.05) is 0 Å².